The number of carbonyl (C=O) groups is 2. The Labute approximate surface area is 127 Å². The highest BCUT2D eigenvalue weighted by atomic mass is 16.7. The molecule has 0 saturated heterocycles. The van der Waals surface area contributed by atoms with Gasteiger partial charge < -0.3 is 14.8 Å². The van der Waals surface area contributed by atoms with Gasteiger partial charge in [-0.05, 0) is 23.8 Å². The highest BCUT2D eigenvalue weighted by molar-refractivity contribution is 5.89. The van der Waals surface area contributed by atoms with E-state index in [4.69, 9.17) is 9.47 Å². The van der Waals surface area contributed by atoms with Gasteiger partial charge in [0.1, 0.15) is 6.04 Å². The number of esters is 2. The summed E-state index contributed by atoms with van der Waals surface area (Å²) in [5.74, 6) is -0.951. The van der Waals surface area contributed by atoms with Gasteiger partial charge in [-0.25, -0.2) is 9.59 Å². The fourth-order valence-electron chi connectivity index (χ4n) is 2.34. The van der Waals surface area contributed by atoms with Crippen LogP contribution in [0.1, 0.15) is 15.9 Å². The van der Waals surface area contributed by atoms with E-state index in [0.717, 1.165) is 11.3 Å². The molecule has 2 aromatic carbocycles. The molecule has 3 rings (SSSR count). The van der Waals surface area contributed by atoms with Gasteiger partial charge in [-0.2, -0.15) is 0 Å². The molecular formula is C17H15NO4. The number of benzene rings is 2. The Morgan fingerprint density at radius 1 is 1.00 bits per heavy atom. The van der Waals surface area contributed by atoms with Crippen LogP contribution in [-0.2, 0) is 20.7 Å². The average molecular weight is 297 g/mol. The summed E-state index contributed by atoms with van der Waals surface area (Å²) in [7, 11) is 0. The second-order valence-electron chi connectivity index (χ2n) is 4.94. The minimum atomic E-state index is -0.518. The number of rotatable bonds is 4. The second-order valence-corrected chi connectivity index (χ2v) is 4.94. The standard InChI is InChI=1S/C17H15NO4/c19-16(12-6-2-1-3-7-12)21-11-22-17(20)15-10-13-8-4-5-9-14(13)18-15/h1-9,15,18H,10-11H2. The lowest BCUT2D eigenvalue weighted by Crippen LogP contribution is -2.30. The van der Waals surface area contributed by atoms with Crippen molar-refractivity contribution in [2.75, 3.05) is 12.1 Å². The highest BCUT2D eigenvalue weighted by Crippen LogP contribution is 2.25. The number of anilines is 1. The molecule has 0 aromatic heterocycles. The van der Waals surface area contributed by atoms with Gasteiger partial charge in [0, 0.05) is 12.1 Å². The van der Waals surface area contributed by atoms with Gasteiger partial charge in [-0.15, -0.1) is 0 Å². The smallest absolute Gasteiger partial charge is 0.340 e. The molecule has 1 N–H and O–H groups in total. The molecule has 0 aliphatic carbocycles. The van der Waals surface area contributed by atoms with E-state index >= 15 is 0 Å². The Hall–Kier alpha value is -2.82. The fourth-order valence-corrected chi connectivity index (χ4v) is 2.34. The fraction of sp³-hybridized carbons (Fsp3) is 0.176. The molecule has 1 unspecified atom stereocenters. The SMILES string of the molecule is O=C(OCOC(=O)C1Cc2ccccc2N1)c1ccccc1. The predicted octanol–water partition coefficient (Wildman–Crippen LogP) is 2.38. The van der Waals surface area contributed by atoms with E-state index < -0.39 is 18.0 Å². The van der Waals surface area contributed by atoms with E-state index in [1.165, 1.54) is 0 Å². The molecular weight excluding hydrogens is 282 g/mol. The Bertz CT molecular complexity index is 659. The summed E-state index contributed by atoms with van der Waals surface area (Å²) < 4.78 is 9.93. The quantitative estimate of drug-likeness (QED) is 0.693. The molecule has 0 amide bonds. The molecule has 0 bridgehead atoms. The summed E-state index contributed by atoms with van der Waals surface area (Å²) in [5.41, 5.74) is 2.43. The molecule has 0 radical (unpaired) electrons. The Morgan fingerprint density at radius 3 is 2.50 bits per heavy atom. The summed E-state index contributed by atoms with van der Waals surface area (Å²) in [5, 5.41) is 3.09. The van der Waals surface area contributed by atoms with Gasteiger partial charge in [-0.3, -0.25) is 0 Å². The van der Waals surface area contributed by atoms with Gasteiger partial charge in [0.25, 0.3) is 0 Å². The molecule has 0 saturated carbocycles. The average Bonchev–Trinajstić information content (AvgIpc) is 2.99. The topological polar surface area (TPSA) is 64.6 Å². The molecule has 1 atom stereocenters. The van der Waals surface area contributed by atoms with Crippen molar-refractivity contribution in [2.24, 2.45) is 0 Å². The van der Waals surface area contributed by atoms with E-state index in [1.807, 2.05) is 24.3 Å². The zero-order valence-electron chi connectivity index (χ0n) is 11.8. The van der Waals surface area contributed by atoms with Crippen molar-refractivity contribution in [1.29, 1.82) is 0 Å². The van der Waals surface area contributed by atoms with Crippen molar-refractivity contribution < 1.29 is 19.1 Å². The van der Waals surface area contributed by atoms with Crippen molar-refractivity contribution in [1.82, 2.24) is 0 Å². The minimum Gasteiger partial charge on any atom is -0.426 e. The molecule has 0 spiro atoms. The monoisotopic (exact) mass is 297 g/mol. The molecule has 1 aliphatic rings. The van der Waals surface area contributed by atoms with Crippen molar-refractivity contribution in [2.45, 2.75) is 12.5 Å². The maximum absolute atomic E-state index is 12.0. The van der Waals surface area contributed by atoms with Crippen molar-refractivity contribution in [3.05, 3.63) is 65.7 Å². The number of nitrogens with one attached hydrogen (secondary N) is 1. The van der Waals surface area contributed by atoms with Gasteiger partial charge in [0.2, 0.25) is 6.79 Å². The molecule has 22 heavy (non-hydrogen) atoms. The van der Waals surface area contributed by atoms with Crippen LogP contribution in [0, 0.1) is 0 Å². The van der Waals surface area contributed by atoms with E-state index in [2.05, 4.69) is 5.32 Å². The Kier molecular flexibility index (Phi) is 4.05. The molecule has 2 aromatic rings. The maximum Gasteiger partial charge on any atom is 0.340 e. The first-order valence-corrected chi connectivity index (χ1v) is 6.97. The van der Waals surface area contributed by atoms with Crippen LogP contribution in [-0.4, -0.2) is 24.8 Å². The number of hydrogen-bond acceptors (Lipinski definition) is 5. The van der Waals surface area contributed by atoms with Crippen LogP contribution in [0.4, 0.5) is 5.69 Å². The van der Waals surface area contributed by atoms with E-state index in [9.17, 15) is 9.59 Å². The zero-order valence-corrected chi connectivity index (χ0v) is 11.8. The number of para-hydroxylation sites is 1. The predicted molar refractivity (Wildman–Crippen MR) is 80.4 cm³/mol. The summed E-state index contributed by atoms with van der Waals surface area (Å²) in [4.78, 5) is 23.7. The lowest BCUT2D eigenvalue weighted by atomic mass is 10.1. The van der Waals surface area contributed by atoms with Crippen LogP contribution in [0.2, 0.25) is 0 Å². The minimum absolute atomic E-state index is 0.388. The van der Waals surface area contributed by atoms with Crippen LogP contribution in [0.15, 0.2) is 54.6 Å². The first-order chi connectivity index (χ1) is 10.7. The van der Waals surface area contributed by atoms with E-state index in [-0.39, 0.29) is 6.79 Å². The van der Waals surface area contributed by atoms with Gasteiger partial charge in [-0.1, -0.05) is 36.4 Å². The first-order valence-electron chi connectivity index (χ1n) is 6.97. The lowest BCUT2D eigenvalue weighted by molar-refractivity contribution is -0.152. The maximum atomic E-state index is 12.0. The third kappa shape index (κ3) is 3.09. The summed E-state index contributed by atoms with van der Waals surface area (Å²) in [6, 6.07) is 15.8. The highest BCUT2D eigenvalue weighted by Gasteiger charge is 2.27. The van der Waals surface area contributed by atoms with Crippen molar-refractivity contribution in [3.63, 3.8) is 0 Å². The third-order valence-corrected chi connectivity index (χ3v) is 3.46. The second kappa shape index (κ2) is 6.30. The van der Waals surface area contributed by atoms with Crippen LogP contribution in [0.5, 0.6) is 0 Å². The number of carbonyl (C=O) groups excluding carboxylic acids is 2. The summed E-state index contributed by atoms with van der Waals surface area (Å²) >= 11 is 0. The third-order valence-electron chi connectivity index (χ3n) is 3.46. The molecule has 5 nitrogen and oxygen atoms in total. The van der Waals surface area contributed by atoms with Gasteiger partial charge in [0.15, 0.2) is 0 Å². The first kappa shape index (κ1) is 14.1. The molecule has 5 heteroatoms. The van der Waals surface area contributed by atoms with Crippen LogP contribution < -0.4 is 5.32 Å². The zero-order chi connectivity index (χ0) is 15.4. The number of ether oxygens (including phenoxy) is 2. The van der Waals surface area contributed by atoms with Gasteiger partial charge in [0.05, 0.1) is 5.56 Å². The van der Waals surface area contributed by atoms with Crippen LogP contribution in [0.3, 0.4) is 0 Å². The van der Waals surface area contributed by atoms with Gasteiger partial charge >= 0.3 is 11.9 Å². The van der Waals surface area contributed by atoms with Crippen molar-refractivity contribution >= 4 is 17.6 Å². The van der Waals surface area contributed by atoms with Crippen LogP contribution in [0.25, 0.3) is 0 Å². The molecule has 1 aliphatic heterocycles. The van der Waals surface area contributed by atoms with Crippen LogP contribution >= 0.6 is 0 Å². The molecule has 0 fully saturated rings. The normalized spacial score (nSPS) is 15.5. The number of hydrogen-bond donors (Lipinski definition) is 1. The van der Waals surface area contributed by atoms with Crippen molar-refractivity contribution in [3.8, 4) is 0 Å². The lowest BCUT2D eigenvalue weighted by Gasteiger charge is -2.11. The molecule has 1 heterocycles. The molecule has 112 valence electrons. The Morgan fingerprint density at radius 2 is 1.73 bits per heavy atom. The van der Waals surface area contributed by atoms with E-state index in [1.54, 1.807) is 30.3 Å². The summed E-state index contributed by atoms with van der Waals surface area (Å²) in [6.07, 6.45) is 0.571. The Balaban J connectivity index is 1.47. The van der Waals surface area contributed by atoms with E-state index in [0.29, 0.717) is 12.0 Å². The largest absolute Gasteiger partial charge is 0.426 e. The number of fused-ring (bicyclic) bond motifs is 1. The summed E-state index contributed by atoms with van der Waals surface area (Å²) in [6.45, 7) is -0.388.